The summed E-state index contributed by atoms with van der Waals surface area (Å²) < 4.78 is 41.8. The molecule has 114 valence electrons. The van der Waals surface area contributed by atoms with E-state index < -0.39 is 15.8 Å². The van der Waals surface area contributed by atoms with Crippen molar-refractivity contribution in [3.63, 3.8) is 0 Å². The lowest BCUT2D eigenvalue weighted by molar-refractivity contribution is 0.592. The van der Waals surface area contributed by atoms with E-state index in [-0.39, 0.29) is 16.0 Å². The fraction of sp³-hybridized carbons (Fsp3) is 0.333. The highest BCUT2D eigenvalue weighted by atomic mass is 35.5. The molecule has 0 fully saturated rings. The number of nitrogens with zero attached hydrogens (tertiary/aromatic N) is 3. The molecule has 0 saturated heterocycles. The van der Waals surface area contributed by atoms with Crippen LogP contribution in [0.3, 0.4) is 0 Å². The Kier molecular flexibility index (Phi) is 4.20. The third-order valence-corrected chi connectivity index (χ3v) is 4.34. The summed E-state index contributed by atoms with van der Waals surface area (Å²) in [6.45, 7) is 3.79. The fourth-order valence-electron chi connectivity index (χ4n) is 1.77. The molecule has 0 aromatic carbocycles. The van der Waals surface area contributed by atoms with Gasteiger partial charge in [-0.15, -0.1) is 0 Å². The molecule has 0 radical (unpaired) electrons. The van der Waals surface area contributed by atoms with Crippen LogP contribution in [0.4, 0.5) is 10.1 Å². The smallest absolute Gasteiger partial charge is 0.263 e. The second-order valence-corrected chi connectivity index (χ2v) is 6.85. The van der Waals surface area contributed by atoms with Gasteiger partial charge in [-0.2, -0.15) is 5.10 Å². The van der Waals surface area contributed by atoms with E-state index in [1.165, 1.54) is 4.68 Å². The summed E-state index contributed by atoms with van der Waals surface area (Å²) in [5.74, 6) is -0.862. The average molecular weight is 333 g/mol. The molecule has 0 aliphatic carbocycles. The normalized spacial score (nSPS) is 11.9. The van der Waals surface area contributed by atoms with Crippen LogP contribution in [-0.2, 0) is 17.1 Å². The van der Waals surface area contributed by atoms with E-state index in [1.54, 1.807) is 13.2 Å². The molecule has 0 bridgehead atoms. The first-order valence-electron chi connectivity index (χ1n) is 6.08. The zero-order valence-corrected chi connectivity index (χ0v) is 13.2. The van der Waals surface area contributed by atoms with Crippen molar-refractivity contribution in [2.24, 2.45) is 7.05 Å². The summed E-state index contributed by atoms with van der Waals surface area (Å²) in [5.41, 5.74) is 0.950. The monoisotopic (exact) mass is 332 g/mol. The third kappa shape index (κ3) is 3.33. The van der Waals surface area contributed by atoms with Crippen LogP contribution in [0.1, 0.15) is 25.5 Å². The summed E-state index contributed by atoms with van der Waals surface area (Å²) in [7, 11) is -2.27. The van der Waals surface area contributed by atoms with Gasteiger partial charge in [0.15, 0.2) is 11.0 Å². The molecule has 1 N–H and O–H groups in total. The van der Waals surface area contributed by atoms with Crippen LogP contribution in [0.5, 0.6) is 0 Å². The van der Waals surface area contributed by atoms with Gasteiger partial charge in [0, 0.05) is 19.4 Å². The van der Waals surface area contributed by atoms with E-state index in [9.17, 15) is 12.8 Å². The molecule has 0 aliphatic heterocycles. The number of nitrogens with one attached hydrogen (secondary N) is 1. The van der Waals surface area contributed by atoms with Gasteiger partial charge in [0.1, 0.15) is 4.90 Å². The van der Waals surface area contributed by atoms with Crippen LogP contribution in [-0.4, -0.2) is 23.2 Å². The standard InChI is InChI=1S/C12H14ClFN4O2S/c1-7(2)11-10(6-18(3)16-11)17-21(19,20)8-4-9(14)12(13)15-5-8/h4-7,17H,1-3H3. The first-order chi connectivity index (χ1) is 9.70. The minimum atomic E-state index is -3.96. The Balaban J connectivity index is 2.39. The Morgan fingerprint density at radius 2 is 2.10 bits per heavy atom. The van der Waals surface area contributed by atoms with Crippen LogP contribution >= 0.6 is 11.6 Å². The molecule has 0 saturated carbocycles. The second-order valence-electron chi connectivity index (χ2n) is 4.81. The van der Waals surface area contributed by atoms with Crippen molar-refractivity contribution in [2.75, 3.05) is 4.72 Å². The van der Waals surface area contributed by atoms with Gasteiger partial charge in [0.25, 0.3) is 10.0 Å². The first kappa shape index (κ1) is 15.7. The van der Waals surface area contributed by atoms with Crippen molar-refractivity contribution in [1.29, 1.82) is 0 Å². The van der Waals surface area contributed by atoms with Gasteiger partial charge in [0.05, 0.1) is 11.4 Å². The molecule has 2 heterocycles. The molecule has 6 nitrogen and oxygen atoms in total. The highest BCUT2D eigenvalue weighted by Crippen LogP contribution is 2.25. The number of aromatic nitrogens is 3. The molecule has 2 aromatic rings. The minimum Gasteiger partial charge on any atom is -0.276 e. The van der Waals surface area contributed by atoms with Crippen molar-refractivity contribution in [2.45, 2.75) is 24.7 Å². The Morgan fingerprint density at radius 3 is 2.67 bits per heavy atom. The quantitative estimate of drug-likeness (QED) is 0.873. The molecule has 21 heavy (non-hydrogen) atoms. The largest absolute Gasteiger partial charge is 0.276 e. The molecule has 0 amide bonds. The molecule has 9 heteroatoms. The van der Waals surface area contributed by atoms with Gasteiger partial charge in [0.2, 0.25) is 0 Å². The Hall–Kier alpha value is -1.67. The van der Waals surface area contributed by atoms with E-state index in [1.807, 2.05) is 13.8 Å². The van der Waals surface area contributed by atoms with Crippen LogP contribution in [0.15, 0.2) is 23.4 Å². The average Bonchev–Trinajstić information content (AvgIpc) is 2.73. The lowest BCUT2D eigenvalue weighted by Crippen LogP contribution is -2.14. The van der Waals surface area contributed by atoms with Gasteiger partial charge in [-0.25, -0.2) is 17.8 Å². The van der Waals surface area contributed by atoms with Crippen molar-refractivity contribution in [3.8, 4) is 0 Å². The first-order valence-corrected chi connectivity index (χ1v) is 7.94. The van der Waals surface area contributed by atoms with Crippen LogP contribution < -0.4 is 4.72 Å². The van der Waals surface area contributed by atoms with Crippen molar-refractivity contribution in [1.82, 2.24) is 14.8 Å². The number of hydrogen-bond acceptors (Lipinski definition) is 4. The van der Waals surface area contributed by atoms with Crippen molar-refractivity contribution >= 4 is 27.3 Å². The van der Waals surface area contributed by atoms with E-state index in [2.05, 4.69) is 14.8 Å². The summed E-state index contributed by atoms with van der Waals surface area (Å²) in [5, 5.41) is 3.82. The maximum Gasteiger partial charge on any atom is 0.263 e. The summed E-state index contributed by atoms with van der Waals surface area (Å²) >= 11 is 5.45. The van der Waals surface area contributed by atoms with Crippen LogP contribution in [0.25, 0.3) is 0 Å². The third-order valence-electron chi connectivity index (χ3n) is 2.73. The molecule has 0 aliphatic rings. The van der Waals surface area contributed by atoms with E-state index in [0.29, 0.717) is 11.4 Å². The van der Waals surface area contributed by atoms with E-state index in [4.69, 9.17) is 11.6 Å². The summed E-state index contributed by atoms with van der Waals surface area (Å²) in [4.78, 5) is 3.20. The molecular weight excluding hydrogens is 319 g/mol. The van der Waals surface area contributed by atoms with Crippen molar-refractivity contribution < 1.29 is 12.8 Å². The number of anilines is 1. The number of aryl methyl sites for hydroxylation is 1. The molecule has 2 aromatic heterocycles. The highest BCUT2D eigenvalue weighted by molar-refractivity contribution is 7.92. The lowest BCUT2D eigenvalue weighted by Gasteiger charge is -2.09. The predicted octanol–water partition coefficient (Wildman–Crippen LogP) is 2.53. The number of pyridine rings is 1. The maximum atomic E-state index is 13.4. The van der Waals surface area contributed by atoms with E-state index >= 15 is 0 Å². The van der Waals surface area contributed by atoms with Gasteiger partial charge < -0.3 is 0 Å². The molecule has 0 atom stereocenters. The van der Waals surface area contributed by atoms with Gasteiger partial charge in [-0.1, -0.05) is 25.4 Å². The molecule has 0 unspecified atom stereocenters. The SMILES string of the molecule is CC(C)c1nn(C)cc1NS(=O)(=O)c1cnc(Cl)c(F)c1. The highest BCUT2D eigenvalue weighted by Gasteiger charge is 2.21. The predicted molar refractivity (Wildman–Crippen MR) is 77.3 cm³/mol. The van der Waals surface area contributed by atoms with Crippen LogP contribution in [0, 0.1) is 5.82 Å². The zero-order valence-electron chi connectivity index (χ0n) is 11.6. The van der Waals surface area contributed by atoms with Gasteiger partial charge in [-0.3, -0.25) is 9.40 Å². The summed E-state index contributed by atoms with van der Waals surface area (Å²) in [6, 6.07) is 0.823. The van der Waals surface area contributed by atoms with Gasteiger partial charge >= 0.3 is 0 Å². The Bertz CT molecular complexity index is 774. The second kappa shape index (κ2) is 5.61. The number of rotatable bonds is 4. The number of halogens is 2. The topological polar surface area (TPSA) is 76.9 Å². The summed E-state index contributed by atoms with van der Waals surface area (Å²) in [6.07, 6.45) is 2.55. The lowest BCUT2D eigenvalue weighted by atomic mass is 10.1. The molecule has 0 spiro atoms. The Morgan fingerprint density at radius 1 is 1.43 bits per heavy atom. The number of hydrogen-bond donors (Lipinski definition) is 1. The Labute approximate surface area is 127 Å². The van der Waals surface area contributed by atoms with Crippen LogP contribution in [0.2, 0.25) is 5.15 Å². The minimum absolute atomic E-state index is 0.0315. The fourth-order valence-corrected chi connectivity index (χ4v) is 2.88. The van der Waals surface area contributed by atoms with Gasteiger partial charge in [-0.05, 0) is 12.0 Å². The molecular formula is C12H14ClFN4O2S. The number of sulfonamides is 1. The maximum absolute atomic E-state index is 13.4. The van der Waals surface area contributed by atoms with Crippen molar-refractivity contribution in [3.05, 3.63) is 35.1 Å². The molecule has 2 rings (SSSR count). The van der Waals surface area contributed by atoms with E-state index in [0.717, 1.165) is 12.3 Å². The zero-order chi connectivity index (χ0) is 15.8.